The molecule has 1 aromatic carbocycles. The molecule has 0 bridgehead atoms. The molecular formula is C20H25IO2Si. The van der Waals surface area contributed by atoms with Crippen molar-refractivity contribution in [2.24, 2.45) is 0 Å². The summed E-state index contributed by atoms with van der Waals surface area (Å²) >= 11 is -2.19. The van der Waals surface area contributed by atoms with Crippen LogP contribution in [0.5, 0.6) is 0 Å². The maximum absolute atomic E-state index is 11.9. The Balaban J connectivity index is 2.28. The molecule has 0 radical (unpaired) electrons. The predicted molar refractivity (Wildman–Crippen MR) is 111 cm³/mol. The summed E-state index contributed by atoms with van der Waals surface area (Å²) in [6.45, 7) is 13.7. The van der Waals surface area contributed by atoms with Crippen molar-refractivity contribution < 1.29 is 7.86 Å². The van der Waals surface area contributed by atoms with Crippen LogP contribution in [0.15, 0.2) is 24.3 Å². The van der Waals surface area contributed by atoms with Gasteiger partial charge in [0, 0.05) is 0 Å². The summed E-state index contributed by atoms with van der Waals surface area (Å²) in [7, 11) is -1.74. The number of hydrogen-bond acceptors (Lipinski definition) is 2. The molecule has 0 saturated carbocycles. The number of carbonyl (C=O) groups excluding carboxylic acids is 1. The average Bonchev–Trinajstić information content (AvgIpc) is 2.83. The summed E-state index contributed by atoms with van der Waals surface area (Å²) in [5.74, 6) is 5.94. The van der Waals surface area contributed by atoms with E-state index >= 15 is 0 Å². The van der Waals surface area contributed by atoms with Gasteiger partial charge in [-0.1, -0.05) is 0 Å². The molecule has 1 aliphatic heterocycles. The van der Waals surface area contributed by atoms with Crippen molar-refractivity contribution in [3.63, 3.8) is 0 Å². The Kier molecular flexibility index (Phi) is 6.17. The number of fused-ring (bicyclic) bond motifs is 1. The third-order valence-electron chi connectivity index (χ3n) is 4.77. The fourth-order valence-corrected chi connectivity index (χ4v) is 11.9. The molecule has 0 atom stereocenters. The normalized spacial score (nSPS) is 14.9. The van der Waals surface area contributed by atoms with E-state index in [1.165, 1.54) is 0 Å². The molecule has 1 aromatic rings. The minimum atomic E-state index is -2.19. The Morgan fingerprint density at radius 3 is 2.12 bits per heavy atom. The van der Waals surface area contributed by atoms with E-state index in [0.29, 0.717) is 22.2 Å². The first-order valence-corrected chi connectivity index (χ1v) is 13.6. The first-order valence-electron chi connectivity index (χ1n) is 8.35. The van der Waals surface area contributed by atoms with Gasteiger partial charge in [-0.05, 0) is 0 Å². The number of halogens is 1. The second kappa shape index (κ2) is 7.76. The molecule has 0 aliphatic carbocycles. The van der Waals surface area contributed by atoms with Crippen LogP contribution >= 0.6 is 20.2 Å². The fourth-order valence-electron chi connectivity index (χ4n) is 3.64. The zero-order chi connectivity index (χ0) is 17.9. The Bertz CT molecular complexity index is 722. The third kappa shape index (κ3) is 3.55. The summed E-state index contributed by atoms with van der Waals surface area (Å²) in [4.78, 5) is 11.9. The van der Waals surface area contributed by atoms with Gasteiger partial charge in [0.25, 0.3) is 0 Å². The van der Waals surface area contributed by atoms with Crippen LogP contribution < -0.4 is 0 Å². The second-order valence-electron chi connectivity index (χ2n) is 6.96. The maximum atomic E-state index is 11.9. The molecule has 0 N–H and O–H groups in total. The molecule has 0 unspecified atom stereocenters. The van der Waals surface area contributed by atoms with Crippen LogP contribution in [0, 0.1) is 24.9 Å². The molecule has 24 heavy (non-hydrogen) atoms. The Morgan fingerprint density at radius 1 is 0.958 bits per heavy atom. The van der Waals surface area contributed by atoms with E-state index in [0.717, 1.165) is 3.57 Å². The average molecular weight is 452 g/mol. The second-order valence-corrected chi connectivity index (χ2v) is 16.1. The standard InChI is InChI=1S/C20H25IO2Si/c1-15(2)24(16(3)4,17(5)6)14-10-9-13-21-19-12-8-7-11-18(19)20(22)23-21/h7-8,11-12,15-17H,1-6H3. The zero-order valence-corrected chi connectivity index (χ0v) is 18.4. The van der Waals surface area contributed by atoms with Crippen molar-refractivity contribution in [1.82, 2.24) is 0 Å². The van der Waals surface area contributed by atoms with E-state index in [-0.39, 0.29) is 5.97 Å². The van der Waals surface area contributed by atoms with E-state index in [4.69, 9.17) is 3.07 Å². The first kappa shape index (κ1) is 19.1. The van der Waals surface area contributed by atoms with E-state index in [9.17, 15) is 4.79 Å². The van der Waals surface area contributed by atoms with Gasteiger partial charge in [-0.2, -0.15) is 0 Å². The summed E-state index contributed by atoms with van der Waals surface area (Å²) in [6.07, 6.45) is 0. The minimum absolute atomic E-state index is 0.228. The molecule has 128 valence electrons. The van der Waals surface area contributed by atoms with Crippen molar-refractivity contribution in [2.45, 2.75) is 58.2 Å². The van der Waals surface area contributed by atoms with Gasteiger partial charge in [0.2, 0.25) is 0 Å². The van der Waals surface area contributed by atoms with Gasteiger partial charge in [-0.15, -0.1) is 0 Å². The molecule has 4 heteroatoms. The molecule has 1 aliphatic rings. The number of carbonyl (C=O) groups is 1. The van der Waals surface area contributed by atoms with E-state index in [1.54, 1.807) is 0 Å². The molecule has 0 saturated heterocycles. The Morgan fingerprint density at radius 2 is 1.54 bits per heavy atom. The van der Waals surface area contributed by atoms with E-state index < -0.39 is 28.3 Å². The summed E-state index contributed by atoms with van der Waals surface area (Å²) in [6, 6.07) is 7.58. The summed E-state index contributed by atoms with van der Waals surface area (Å²) < 4.78 is 9.66. The van der Waals surface area contributed by atoms with Crippen LogP contribution in [-0.2, 0) is 3.07 Å². The van der Waals surface area contributed by atoms with E-state index in [1.807, 2.05) is 24.3 Å². The van der Waals surface area contributed by atoms with Gasteiger partial charge in [0.05, 0.1) is 0 Å². The zero-order valence-electron chi connectivity index (χ0n) is 15.2. The van der Waals surface area contributed by atoms with Gasteiger partial charge in [0.1, 0.15) is 0 Å². The summed E-state index contributed by atoms with van der Waals surface area (Å²) in [5, 5.41) is 0. The Labute approximate surface area is 154 Å². The quantitative estimate of drug-likeness (QED) is 0.338. The van der Waals surface area contributed by atoms with Crippen molar-refractivity contribution in [3.05, 3.63) is 33.4 Å². The molecule has 0 spiro atoms. The first-order chi connectivity index (χ1) is 11.3. The fraction of sp³-hybridized carbons (Fsp3) is 0.450. The molecule has 2 rings (SSSR count). The van der Waals surface area contributed by atoms with Crippen LogP contribution in [0.4, 0.5) is 0 Å². The van der Waals surface area contributed by atoms with Gasteiger partial charge in [0.15, 0.2) is 0 Å². The van der Waals surface area contributed by atoms with Crippen molar-refractivity contribution >= 4 is 34.3 Å². The van der Waals surface area contributed by atoms with Crippen LogP contribution in [0.3, 0.4) is 0 Å². The monoisotopic (exact) mass is 452 g/mol. The predicted octanol–water partition coefficient (Wildman–Crippen LogP) is 5.63. The van der Waals surface area contributed by atoms with Crippen LogP contribution in [0.25, 0.3) is 0 Å². The number of rotatable bonds is 3. The van der Waals surface area contributed by atoms with Gasteiger partial charge in [-0.3, -0.25) is 0 Å². The van der Waals surface area contributed by atoms with Gasteiger partial charge < -0.3 is 0 Å². The van der Waals surface area contributed by atoms with E-state index in [2.05, 4.69) is 62.9 Å². The molecular weight excluding hydrogens is 427 g/mol. The number of benzene rings is 1. The van der Waals surface area contributed by atoms with Crippen LogP contribution in [0.1, 0.15) is 51.9 Å². The third-order valence-corrected chi connectivity index (χ3v) is 14.7. The van der Waals surface area contributed by atoms with Crippen LogP contribution in [-0.4, -0.2) is 14.0 Å². The van der Waals surface area contributed by atoms with Crippen molar-refractivity contribution in [3.8, 4) is 21.3 Å². The van der Waals surface area contributed by atoms with Crippen molar-refractivity contribution in [1.29, 1.82) is 0 Å². The van der Waals surface area contributed by atoms with Gasteiger partial charge >= 0.3 is 155 Å². The van der Waals surface area contributed by atoms with Gasteiger partial charge in [-0.25, -0.2) is 0 Å². The Hall–Kier alpha value is -1.24. The van der Waals surface area contributed by atoms with Crippen molar-refractivity contribution in [2.75, 3.05) is 0 Å². The molecule has 0 amide bonds. The molecule has 1 heterocycles. The topological polar surface area (TPSA) is 26.3 Å². The molecule has 2 nitrogen and oxygen atoms in total. The number of hydrogen-bond donors (Lipinski definition) is 0. The molecule has 0 fully saturated rings. The summed E-state index contributed by atoms with van der Waals surface area (Å²) in [5.41, 5.74) is 6.05. The SMILES string of the molecule is CC(C)[Si](C#CC#CI1OC(=O)c2ccccc21)(C(C)C)C(C)C. The molecule has 0 aromatic heterocycles. The van der Waals surface area contributed by atoms with Crippen LogP contribution in [0.2, 0.25) is 16.6 Å².